The number of aromatic nitrogens is 3. The van der Waals surface area contributed by atoms with Gasteiger partial charge in [0.1, 0.15) is 0 Å². The van der Waals surface area contributed by atoms with Crippen LogP contribution in [0, 0.1) is 6.92 Å². The molecular formula is C19H20N4O2S. The van der Waals surface area contributed by atoms with Gasteiger partial charge in [-0.3, -0.25) is 4.79 Å². The van der Waals surface area contributed by atoms with Crippen molar-refractivity contribution in [2.75, 3.05) is 11.1 Å². The number of carbonyl (C=O) groups is 1. The average molecular weight is 368 g/mol. The zero-order valence-electron chi connectivity index (χ0n) is 14.9. The van der Waals surface area contributed by atoms with Crippen molar-refractivity contribution in [1.29, 1.82) is 0 Å². The largest absolute Gasteiger partial charge is 0.334 e. The second-order valence-electron chi connectivity index (χ2n) is 6.15. The molecule has 0 aliphatic carbocycles. The lowest BCUT2D eigenvalue weighted by atomic mass is 10.0. The number of hydrogen-bond donors (Lipinski definition) is 1. The monoisotopic (exact) mass is 368 g/mol. The molecule has 0 bridgehead atoms. The van der Waals surface area contributed by atoms with E-state index in [0.717, 1.165) is 16.3 Å². The molecular weight excluding hydrogens is 348 g/mol. The van der Waals surface area contributed by atoms with Gasteiger partial charge in [0.05, 0.1) is 16.3 Å². The third-order valence-corrected chi connectivity index (χ3v) is 4.67. The summed E-state index contributed by atoms with van der Waals surface area (Å²) in [7, 11) is 0. The van der Waals surface area contributed by atoms with Gasteiger partial charge >= 0.3 is 0 Å². The molecule has 0 fully saturated rings. The Kier molecular flexibility index (Phi) is 5.68. The molecule has 2 heterocycles. The van der Waals surface area contributed by atoms with Crippen LogP contribution in [0.25, 0.3) is 11.5 Å². The highest BCUT2D eigenvalue weighted by Crippen LogP contribution is 2.21. The Morgan fingerprint density at radius 2 is 1.96 bits per heavy atom. The standard InChI is InChI=1S/C19H20N4O2S/c1-12(2)14-4-7-16(8-5-14)22-17(24)11-26-18-9-6-15(10-20-18)19-21-13(3)23-25-19/h4-10,12H,11H2,1-3H3,(H,22,24). The summed E-state index contributed by atoms with van der Waals surface area (Å²) in [6.07, 6.45) is 1.66. The molecule has 0 saturated carbocycles. The fourth-order valence-electron chi connectivity index (χ4n) is 2.29. The van der Waals surface area contributed by atoms with Crippen LogP contribution in [0.1, 0.15) is 31.2 Å². The molecule has 0 radical (unpaired) electrons. The fourth-order valence-corrected chi connectivity index (χ4v) is 2.94. The molecule has 0 atom stereocenters. The first kappa shape index (κ1) is 18.1. The van der Waals surface area contributed by atoms with E-state index in [2.05, 4.69) is 34.3 Å². The van der Waals surface area contributed by atoms with Gasteiger partial charge in [0.15, 0.2) is 5.82 Å². The maximum Gasteiger partial charge on any atom is 0.259 e. The van der Waals surface area contributed by atoms with E-state index >= 15 is 0 Å². The van der Waals surface area contributed by atoms with Crippen LogP contribution in [0.5, 0.6) is 0 Å². The van der Waals surface area contributed by atoms with Crippen LogP contribution in [0.4, 0.5) is 5.69 Å². The number of pyridine rings is 1. The lowest BCUT2D eigenvalue weighted by molar-refractivity contribution is -0.113. The zero-order chi connectivity index (χ0) is 18.5. The molecule has 0 spiro atoms. The van der Waals surface area contributed by atoms with Crippen molar-refractivity contribution in [3.05, 3.63) is 54.0 Å². The summed E-state index contributed by atoms with van der Waals surface area (Å²) in [6, 6.07) is 11.6. The van der Waals surface area contributed by atoms with E-state index in [1.54, 1.807) is 13.1 Å². The second kappa shape index (κ2) is 8.14. The minimum atomic E-state index is -0.0642. The molecule has 1 N–H and O–H groups in total. The number of amides is 1. The molecule has 1 amide bonds. The molecule has 0 saturated heterocycles. The molecule has 0 aliphatic rings. The first-order valence-corrected chi connectivity index (χ1v) is 9.29. The smallest absolute Gasteiger partial charge is 0.259 e. The van der Waals surface area contributed by atoms with Gasteiger partial charge in [-0.2, -0.15) is 4.98 Å². The van der Waals surface area contributed by atoms with Crippen LogP contribution in [0.3, 0.4) is 0 Å². The van der Waals surface area contributed by atoms with Crippen molar-refractivity contribution in [2.45, 2.75) is 31.7 Å². The van der Waals surface area contributed by atoms with Gasteiger partial charge in [-0.05, 0) is 42.7 Å². The number of hydrogen-bond acceptors (Lipinski definition) is 6. The fraction of sp³-hybridized carbons (Fsp3) is 0.263. The normalized spacial score (nSPS) is 10.9. The maximum absolute atomic E-state index is 12.1. The van der Waals surface area contributed by atoms with Crippen LogP contribution in [0.2, 0.25) is 0 Å². The van der Waals surface area contributed by atoms with Crippen molar-refractivity contribution >= 4 is 23.4 Å². The third-order valence-electron chi connectivity index (χ3n) is 3.72. The quantitative estimate of drug-likeness (QED) is 0.654. The number of nitrogens with one attached hydrogen (secondary N) is 1. The molecule has 0 aliphatic heterocycles. The van der Waals surface area contributed by atoms with Crippen LogP contribution in [-0.2, 0) is 4.79 Å². The van der Waals surface area contributed by atoms with Gasteiger partial charge in [-0.1, -0.05) is 42.9 Å². The van der Waals surface area contributed by atoms with Crippen LogP contribution < -0.4 is 5.32 Å². The summed E-state index contributed by atoms with van der Waals surface area (Å²) in [5.74, 6) is 1.72. The van der Waals surface area contributed by atoms with E-state index in [4.69, 9.17) is 4.52 Å². The highest BCUT2D eigenvalue weighted by molar-refractivity contribution is 7.99. The summed E-state index contributed by atoms with van der Waals surface area (Å²) < 4.78 is 5.11. The van der Waals surface area contributed by atoms with E-state index in [9.17, 15) is 4.79 Å². The lowest BCUT2D eigenvalue weighted by Crippen LogP contribution is -2.14. The topological polar surface area (TPSA) is 80.9 Å². The summed E-state index contributed by atoms with van der Waals surface area (Å²) in [4.78, 5) is 20.6. The molecule has 6 nitrogen and oxygen atoms in total. The maximum atomic E-state index is 12.1. The minimum absolute atomic E-state index is 0.0642. The first-order chi connectivity index (χ1) is 12.5. The van der Waals surface area contributed by atoms with E-state index < -0.39 is 0 Å². The van der Waals surface area contributed by atoms with Crippen molar-refractivity contribution in [1.82, 2.24) is 15.1 Å². The predicted octanol–water partition coefficient (Wildman–Crippen LogP) is 4.29. The van der Waals surface area contributed by atoms with E-state index in [1.807, 2.05) is 36.4 Å². The lowest BCUT2D eigenvalue weighted by Gasteiger charge is -2.08. The average Bonchev–Trinajstić information content (AvgIpc) is 3.07. The summed E-state index contributed by atoms with van der Waals surface area (Å²) in [6.45, 7) is 6.05. The van der Waals surface area contributed by atoms with Crippen LogP contribution in [0.15, 0.2) is 52.1 Å². The summed E-state index contributed by atoms with van der Waals surface area (Å²) in [5, 5.41) is 7.41. The van der Waals surface area contributed by atoms with Gasteiger partial charge in [0, 0.05) is 11.9 Å². The number of benzene rings is 1. The Labute approximate surface area is 156 Å². The number of aryl methyl sites for hydroxylation is 1. The Morgan fingerprint density at radius 1 is 1.19 bits per heavy atom. The number of thioether (sulfide) groups is 1. The Balaban J connectivity index is 1.52. The van der Waals surface area contributed by atoms with Crippen molar-refractivity contribution < 1.29 is 9.32 Å². The Morgan fingerprint density at radius 3 is 2.54 bits per heavy atom. The number of nitrogens with zero attached hydrogens (tertiary/aromatic N) is 3. The first-order valence-electron chi connectivity index (χ1n) is 8.30. The van der Waals surface area contributed by atoms with Crippen LogP contribution >= 0.6 is 11.8 Å². The summed E-state index contributed by atoms with van der Waals surface area (Å²) in [5.41, 5.74) is 2.80. The van der Waals surface area contributed by atoms with Crippen molar-refractivity contribution in [2.24, 2.45) is 0 Å². The van der Waals surface area contributed by atoms with Gasteiger partial charge in [0.2, 0.25) is 5.91 Å². The molecule has 7 heteroatoms. The van der Waals surface area contributed by atoms with E-state index in [0.29, 0.717) is 17.6 Å². The van der Waals surface area contributed by atoms with Gasteiger partial charge in [-0.15, -0.1) is 0 Å². The molecule has 3 rings (SSSR count). The van der Waals surface area contributed by atoms with Crippen molar-refractivity contribution in [3.63, 3.8) is 0 Å². The number of carbonyl (C=O) groups excluding carboxylic acids is 1. The highest BCUT2D eigenvalue weighted by atomic mass is 32.2. The van der Waals surface area contributed by atoms with E-state index in [-0.39, 0.29) is 11.7 Å². The number of rotatable bonds is 6. The molecule has 134 valence electrons. The molecule has 3 aromatic rings. The molecule has 1 aromatic carbocycles. The minimum Gasteiger partial charge on any atom is -0.334 e. The molecule has 0 unspecified atom stereocenters. The zero-order valence-corrected chi connectivity index (χ0v) is 15.7. The van der Waals surface area contributed by atoms with Gasteiger partial charge in [-0.25, -0.2) is 4.98 Å². The van der Waals surface area contributed by atoms with Gasteiger partial charge in [0.25, 0.3) is 5.89 Å². The second-order valence-corrected chi connectivity index (χ2v) is 7.14. The number of anilines is 1. The molecule has 26 heavy (non-hydrogen) atoms. The Bertz CT molecular complexity index is 873. The van der Waals surface area contributed by atoms with E-state index in [1.165, 1.54) is 17.3 Å². The Hall–Kier alpha value is -2.67. The predicted molar refractivity (Wildman–Crippen MR) is 102 cm³/mol. The van der Waals surface area contributed by atoms with Crippen LogP contribution in [-0.4, -0.2) is 26.8 Å². The summed E-state index contributed by atoms with van der Waals surface area (Å²) >= 11 is 1.38. The molecule has 2 aromatic heterocycles. The van der Waals surface area contributed by atoms with Gasteiger partial charge < -0.3 is 9.84 Å². The highest BCUT2D eigenvalue weighted by Gasteiger charge is 2.09. The SMILES string of the molecule is Cc1noc(-c2ccc(SCC(=O)Nc3ccc(C(C)C)cc3)nc2)n1. The van der Waals surface area contributed by atoms with Crippen molar-refractivity contribution in [3.8, 4) is 11.5 Å². The third kappa shape index (κ3) is 4.70.